The van der Waals surface area contributed by atoms with Crippen LogP contribution in [-0.2, 0) is 10.0 Å². The predicted octanol–water partition coefficient (Wildman–Crippen LogP) is 5.08. The van der Waals surface area contributed by atoms with E-state index >= 15 is 0 Å². The van der Waals surface area contributed by atoms with Crippen molar-refractivity contribution in [3.05, 3.63) is 93.6 Å². The number of aromatic hydroxyl groups is 1. The third-order valence-electron chi connectivity index (χ3n) is 5.97. The highest BCUT2D eigenvalue weighted by Crippen LogP contribution is 2.42. The first kappa shape index (κ1) is 27.1. The maximum atomic E-state index is 12.4. The summed E-state index contributed by atoms with van der Waals surface area (Å²) in [5.41, 5.74) is 1.89. The molecule has 5 rings (SSSR count). The van der Waals surface area contributed by atoms with Gasteiger partial charge in [-0.05, 0) is 72.4 Å². The molecule has 1 aliphatic heterocycles. The van der Waals surface area contributed by atoms with Crippen molar-refractivity contribution in [3.8, 4) is 28.2 Å². The van der Waals surface area contributed by atoms with Crippen molar-refractivity contribution in [2.24, 2.45) is 5.14 Å². The van der Waals surface area contributed by atoms with Gasteiger partial charge in [0.25, 0.3) is 0 Å². The van der Waals surface area contributed by atoms with Crippen molar-refractivity contribution in [3.63, 3.8) is 0 Å². The lowest BCUT2D eigenvalue weighted by atomic mass is 9.90. The molecule has 0 saturated carbocycles. The number of primary sulfonamides is 1. The van der Waals surface area contributed by atoms with Crippen LogP contribution in [-0.4, -0.2) is 29.7 Å². The average Bonchev–Trinajstić information content (AvgIpc) is 2.87. The first-order valence-corrected chi connectivity index (χ1v) is 13.7. The van der Waals surface area contributed by atoms with Gasteiger partial charge in [-0.3, -0.25) is 4.79 Å². The molecule has 0 atom stereocenters. The summed E-state index contributed by atoms with van der Waals surface area (Å²) < 4.78 is 28.9. The van der Waals surface area contributed by atoms with Gasteiger partial charge in [-0.25, -0.2) is 18.4 Å². The van der Waals surface area contributed by atoms with Crippen molar-refractivity contribution in [1.82, 2.24) is 0 Å². The highest BCUT2D eigenvalue weighted by molar-refractivity contribution is 7.89. The topological polar surface area (TPSA) is 172 Å². The smallest absolute Gasteiger partial charge is 0.336 e. The second-order valence-electron chi connectivity index (χ2n) is 8.65. The molecule has 0 bridgehead atoms. The zero-order valence-electron chi connectivity index (χ0n) is 20.1. The number of hydrogen-bond donors (Lipinski definition) is 5. The molecule has 3 aromatic rings. The molecule has 0 aromatic heterocycles. The Labute approximate surface area is 237 Å². The Kier molecular flexibility index (Phi) is 6.94. The fraction of sp³-hybridized carbons (Fsp3) is 0. The van der Waals surface area contributed by atoms with E-state index in [1.807, 2.05) is 0 Å². The van der Waals surface area contributed by atoms with E-state index in [0.717, 1.165) is 0 Å². The zero-order chi connectivity index (χ0) is 28.8. The van der Waals surface area contributed by atoms with Gasteiger partial charge in [0.1, 0.15) is 17.1 Å². The van der Waals surface area contributed by atoms with Crippen LogP contribution in [0.5, 0.6) is 5.75 Å². The summed E-state index contributed by atoms with van der Waals surface area (Å²) in [5, 5.41) is 31.6. The lowest BCUT2D eigenvalue weighted by molar-refractivity contribution is 0.0697. The van der Waals surface area contributed by atoms with E-state index in [9.17, 15) is 28.2 Å². The van der Waals surface area contributed by atoms with Crippen molar-refractivity contribution >= 4 is 67.3 Å². The van der Waals surface area contributed by atoms with Crippen molar-refractivity contribution in [2.45, 2.75) is 4.90 Å². The number of aromatic carboxylic acids is 1. The van der Waals surface area contributed by atoms with Crippen molar-refractivity contribution < 1.29 is 27.8 Å². The number of phenolic OH excluding ortho intramolecular Hbond substituents is 1. The number of halogens is 1. The van der Waals surface area contributed by atoms with Gasteiger partial charge in [0.15, 0.2) is 10.5 Å². The van der Waals surface area contributed by atoms with E-state index in [1.165, 1.54) is 48.5 Å². The highest BCUT2D eigenvalue weighted by atomic mass is 35.5. The maximum Gasteiger partial charge on any atom is 0.336 e. The molecule has 0 unspecified atom stereocenters. The van der Waals surface area contributed by atoms with Crippen LogP contribution in [0.3, 0.4) is 0 Å². The van der Waals surface area contributed by atoms with Gasteiger partial charge in [-0.2, -0.15) is 0 Å². The lowest BCUT2D eigenvalue weighted by Crippen LogP contribution is -2.20. The van der Waals surface area contributed by atoms with Gasteiger partial charge >= 0.3 is 5.97 Å². The van der Waals surface area contributed by atoms with Gasteiger partial charge in [0.2, 0.25) is 10.0 Å². The third-order valence-corrected chi connectivity index (χ3v) is 7.40. The maximum absolute atomic E-state index is 12.4. The number of anilines is 2. The Morgan fingerprint density at radius 3 is 2.40 bits per heavy atom. The van der Waals surface area contributed by atoms with Crippen LogP contribution >= 0.6 is 23.8 Å². The van der Waals surface area contributed by atoms with Crippen LogP contribution in [0.1, 0.15) is 10.4 Å². The van der Waals surface area contributed by atoms with Crippen LogP contribution < -0.4 is 21.2 Å². The summed E-state index contributed by atoms with van der Waals surface area (Å²) in [4.78, 5) is 24.2. The SMILES string of the molecule is NS(=O)(=O)c1ccc(NC(=S)Nc2ccc(-c3c4ccc(=O)cc-4oc4cc(O)ccc34)c(C(=O)O)c2)c(Cl)c1. The lowest BCUT2D eigenvalue weighted by Gasteiger charge is -2.18. The van der Waals surface area contributed by atoms with Crippen LogP contribution in [0.2, 0.25) is 5.02 Å². The van der Waals surface area contributed by atoms with Gasteiger partial charge in [-0.1, -0.05) is 17.7 Å². The Morgan fingerprint density at radius 2 is 1.70 bits per heavy atom. The fourth-order valence-electron chi connectivity index (χ4n) is 4.23. The zero-order valence-corrected chi connectivity index (χ0v) is 22.5. The molecule has 0 saturated heterocycles. The molecule has 6 N–H and O–H groups in total. The molecule has 40 heavy (non-hydrogen) atoms. The molecule has 1 heterocycles. The largest absolute Gasteiger partial charge is 0.508 e. The molecule has 0 radical (unpaired) electrons. The summed E-state index contributed by atoms with van der Waals surface area (Å²) in [7, 11) is -3.94. The Balaban J connectivity index is 1.54. The molecule has 0 amide bonds. The summed E-state index contributed by atoms with van der Waals surface area (Å²) >= 11 is 11.5. The molecule has 202 valence electrons. The van der Waals surface area contributed by atoms with E-state index in [-0.39, 0.29) is 43.1 Å². The van der Waals surface area contributed by atoms with E-state index in [2.05, 4.69) is 10.6 Å². The van der Waals surface area contributed by atoms with Crippen LogP contribution in [0.15, 0.2) is 86.9 Å². The number of sulfonamides is 1. The van der Waals surface area contributed by atoms with E-state index in [4.69, 9.17) is 33.4 Å². The number of hydrogen-bond acceptors (Lipinski definition) is 7. The molecule has 1 aliphatic carbocycles. The number of nitrogens with two attached hydrogens (primary N) is 1. The van der Waals surface area contributed by atoms with Gasteiger partial charge < -0.3 is 25.3 Å². The molecular formula is C27H18ClN3O7S2. The second kappa shape index (κ2) is 10.2. The molecule has 0 spiro atoms. The number of rotatable bonds is 5. The molecule has 3 aromatic carbocycles. The van der Waals surface area contributed by atoms with Crippen molar-refractivity contribution in [1.29, 1.82) is 0 Å². The van der Waals surface area contributed by atoms with Gasteiger partial charge in [-0.15, -0.1) is 0 Å². The standard InChI is InChI=1S/C27H18ClN3O7S2/c28-21-12-16(40(29,36)37)4-8-22(21)31-27(39)30-13-1-5-17(20(9-13)26(34)35)25-18-6-2-14(32)10-23(18)38-24-11-15(33)3-7-19(24)25/h1-12,32H,(H,34,35)(H2,29,36,37)(H2,30,31,39). The summed E-state index contributed by atoms with van der Waals surface area (Å²) in [5.74, 6) is -1.05. The minimum atomic E-state index is -3.94. The number of nitrogens with one attached hydrogen (secondary N) is 2. The number of fused-ring (bicyclic) bond motifs is 2. The minimum Gasteiger partial charge on any atom is -0.508 e. The monoisotopic (exact) mass is 595 g/mol. The first-order chi connectivity index (χ1) is 18.9. The quantitative estimate of drug-likeness (QED) is 0.136. The van der Waals surface area contributed by atoms with Crippen molar-refractivity contribution in [2.75, 3.05) is 10.6 Å². The number of carboxylic acid groups (broad SMARTS) is 1. The highest BCUT2D eigenvalue weighted by Gasteiger charge is 2.22. The van der Waals surface area contributed by atoms with Crippen LogP contribution in [0.25, 0.3) is 33.4 Å². The normalized spacial score (nSPS) is 11.4. The van der Waals surface area contributed by atoms with E-state index in [0.29, 0.717) is 33.5 Å². The van der Waals surface area contributed by atoms with E-state index in [1.54, 1.807) is 24.3 Å². The predicted molar refractivity (Wildman–Crippen MR) is 156 cm³/mol. The third kappa shape index (κ3) is 5.33. The average molecular weight is 596 g/mol. The van der Waals surface area contributed by atoms with Crippen LogP contribution in [0.4, 0.5) is 11.4 Å². The number of phenols is 1. The molecule has 10 nitrogen and oxygen atoms in total. The number of thiocarbonyl (C=S) groups is 1. The number of benzene rings is 4. The molecule has 13 heteroatoms. The summed E-state index contributed by atoms with van der Waals surface area (Å²) in [6.45, 7) is 0. The first-order valence-electron chi connectivity index (χ1n) is 11.4. The summed E-state index contributed by atoms with van der Waals surface area (Å²) in [6.07, 6.45) is 0. The Bertz CT molecular complexity index is 1990. The van der Waals surface area contributed by atoms with E-state index < -0.39 is 16.0 Å². The van der Waals surface area contributed by atoms with Gasteiger partial charge in [0.05, 0.1) is 21.2 Å². The van der Waals surface area contributed by atoms with Crippen LogP contribution in [0, 0.1) is 0 Å². The minimum absolute atomic E-state index is 0.0535. The number of carboxylic acids is 1. The molecule has 2 aliphatic rings. The number of carbonyl (C=O) groups is 1. The Hall–Kier alpha value is -4.49. The fourth-order valence-corrected chi connectivity index (χ4v) is 5.29. The molecule has 0 fully saturated rings. The Morgan fingerprint density at radius 1 is 0.950 bits per heavy atom. The second-order valence-corrected chi connectivity index (χ2v) is 11.0. The summed E-state index contributed by atoms with van der Waals surface area (Å²) in [6, 6.07) is 17.1. The van der Waals surface area contributed by atoms with Gasteiger partial charge in [0, 0.05) is 34.3 Å². The molecular weight excluding hydrogens is 578 g/mol.